The van der Waals surface area contributed by atoms with Gasteiger partial charge in [-0.15, -0.1) is 12.4 Å². The molecular weight excluding hydrogens is 246 g/mol. The Morgan fingerprint density at radius 2 is 1.94 bits per heavy atom. The van der Waals surface area contributed by atoms with E-state index in [1.165, 1.54) is 12.1 Å². The van der Waals surface area contributed by atoms with E-state index >= 15 is 0 Å². The molecule has 1 aliphatic rings. The molecule has 1 N–H and O–H groups in total. The fourth-order valence-corrected chi connectivity index (χ4v) is 1.96. The molecule has 5 heteroatoms. The van der Waals surface area contributed by atoms with Crippen molar-refractivity contribution in [2.45, 2.75) is 13.0 Å². The molecule has 1 aromatic carbocycles. The Morgan fingerprint density at radius 3 is 2.71 bits per heavy atom. The van der Waals surface area contributed by atoms with E-state index in [4.69, 9.17) is 0 Å². The van der Waals surface area contributed by atoms with Gasteiger partial charge in [-0.2, -0.15) is 0 Å². The maximum atomic E-state index is 13.0. The van der Waals surface area contributed by atoms with Crippen LogP contribution in [0.25, 0.3) is 0 Å². The molecule has 0 bridgehead atoms. The molecule has 0 unspecified atom stereocenters. The molecule has 2 nitrogen and oxygen atoms in total. The zero-order valence-corrected chi connectivity index (χ0v) is 10.4. The highest BCUT2D eigenvalue weighted by atomic mass is 35.5. The number of hydrogen-bond donors (Lipinski definition) is 1. The first-order valence-electron chi connectivity index (χ1n) is 5.63. The highest BCUT2D eigenvalue weighted by molar-refractivity contribution is 5.85. The van der Waals surface area contributed by atoms with E-state index in [-0.39, 0.29) is 12.4 Å². The maximum Gasteiger partial charge on any atom is 0.159 e. The van der Waals surface area contributed by atoms with Gasteiger partial charge in [-0.25, -0.2) is 8.78 Å². The summed E-state index contributed by atoms with van der Waals surface area (Å²) in [6, 6.07) is 4.13. The first-order chi connectivity index (χ1) is 7.75. The van der Waals surface area contributed by atoms with Crippen LogP contribution in [-0.2, 0) is 6.54 Å². The second kappa shape index (κ2) is 6.89. The summed E-state index contributed by atoms with van der Waals surface area (Å²) >= 11 is 0. The van der Waals surface area contributed by atoms with Crippen molar-refractivity contribution < 1.29 is 8.78 Å². The van der Waals surface area contributed by atoms with Crippen LogP contribution in [0.15, 0.2) is 18.2 Å². The normalized spacial score (nSPS) is 17.3. The fraction of sp³-hybridized carbons (Fsp3) is 0.500. The molecule has 0 amide bonds. The highest BCUT2D eigenvalue weighted by Crippen LogP contribution is 2.11. The van der Waals surface area contributed by atoms with Gasteiger partial charge in [0, 0.05) is 19.6 Å². The van der Waals surface area contributed by atoms with Crippen molar-refractivity contribution in [3.63, 3.8) is 0 Å². The molecule has 2 rings (SSSR count). The lowest BCUT2D eigenvalue weighted by atomic mass is 10.2. The summed E-state index contributed by atoms with van der Waals surface area (Å²) in [5.74, 6) is -1.54. The smallest absolute Gasteiger partial charge is 0.159 e. The van der Waals surface area contributed by atoms with E-state index in [1.54, 1.807) is 6.07 Å². The van der Waals surface area contributed by atoms with E-state index in [0.717, 1.165) is 38.2 Å². The molecule has 1 aliphatic heterocycles. The highest BCUT2D eigenvalue weighted by Gasteiger charge is 2.10. The molecule has 1 heterocycles. The Bertz CT molecular complexity index is 352. The molecule has 1 aromatic rings. The predicted molar refractivity (Wildman–Crippen MR) is 66.4 cm³/mol. The van der Waals surface area contributed by atoms with Gasteiger partial charge in [-0.1, -0.05) is 6.07 Å². The lowest BCUT2D eigenvalue weighted by Gasteiger charge is -2.19. The third-order valence-electron chi connectivity index (χ3n) is 2.82. The molecule has 0 aliphatic carbocycles. The number of benzene rings is 1. The minimum Gasteiger partial charge on any atom is -0.315 e. The standard InChI is InChI=1S/C12H16F2N2.ClH/c13-11-3-2-10(8-12(11)14)9-16-6-1-4-15-5-7-16;/h2-3,8,15H,1,4-7,9H2;1H. The first kappa shape index (κ1) is 14.4. The second-order valence-electron chi connectivity index (χ2n) is 4.13. The minimum atomic E-state index is -0.777. The monoisotopic (exact) mass is 262 g/mol. The molecule has 96 valence electrons. The van der Waals surface area contributed by atoms with Crippen molar-refractivity contribution in [1.29, 1.82) is 0 Å². The van der Waals surface area contributed by atoms with Gasteiger partial charge in [0.2, 0.25) is 0 Å². The van der Waals surface area contributed by atoms with Gasteiger partial charge in [0.1, 0.15) is 0 Å². The maximum absolute atomic E-state index is 13.0. The van der Waals surface area contributed by atoms with Gasteiger partial charge in [0.15, 0.2) is 11.6 Å². The molecule has 1 fully saturated rings. The number of halogens is 3. The lowest BCUT2D eigenvalue weighted by Crippen LogP contribution is -2.27. The van der Waals surface area contributed by atoms with Crippen LogP contribution in [-0.4, -0.2) is 31.1 Å². The lowest BCUT2D eigenvalue weighted by molar-refractivity contribution is 0.284. The number of hydrogen-bond acceptors (Lipinski definition) is 2. The number of nitrogens with zero attached hydrogens (tertiary/aromatic N) is 1. The summed E-state index contributed by atoms with van der Waals surface area (Å²) in [6.45, 7) is 4.65. The van der Waals surface area contributed by atoms with Crippen LogP contribution in [0.3, 0.4) is 0 Å². The number of rotatable bonds is 2. The van der Waals surface area contributed by atoms with Crippen LogP contribution in [0.4, 0.5) is 8.78 Å². The SMILES string of the molecule is Cl.Fc1ccc(CN2CCCNCC2)cc1F. The fourth-order valence-electron chi connectivity index (χ4n) is 1.96. The third kappa shape index (κ3) is 4.22. The van der Waals surface area contributed by atoms with Gasteiger partial charge in [-0.05, 0) is 37.2 Å². The first-order valence-corrected chi connectivity index (χ1v) is 5.63. The van der Waals surface area contributed by atoms with E-state index in [1.807, 2.05) is 0 Å². The summed E-state index contributed by atoms with van der Waals surface area (Å²) in [5, 5.41) is 3.31. The second-order valence-corrected chi connectivity index (χ2v) is 4.13. The number of nitrogens with one attached hydrogen (secondary N) is 1. The van der Waals surface area contributed by atoms with Crippen LogP contribution in [0, 0.1) is 11.6 Å². The molecule has 1 saturated heterocycles. The van der Waals surface area contributed by atoms with Crippen LogP contribution in [0.1, 0.15) is 12.0 Å². The topological polar surface area (TPSA) is 15.3 Å². The van der Waals surface area contributed by atoms with Crippen molar-refractivity contribution in [3.8, 4) is 0 Å². The van der Waals surface area contributed by atoms with Crippen molar-refractivity contribution in [1.82, 2.24) is 10.2 Å². The van der Waals surface area contributed by atoms with Crippen LogP contribution >= 0.6 is 12.4 Å². The molecule has 0 saturated carbocycles. The zero-order chi connectivity index (χ0) is 11.4. The summed E-state index contributed by atoms with van der Waals surface area (Å²) in [6.07, 6.45) is 1.10. The van der Waals surface area contributed by atoms with E-state index in [0.29, 0.717) is 6.54 Å². The van der Waals surface area contributed by atoms with E-state index in [9.17, 15) is 8.78 Å². The Morgan fingerprint density at radius 1 is 1.12 bits per heavy atom. The predicted octanol–water partition coefficient (Wildman–Crippen LogP) is 2.18. The van der Waals surface area contributed by atoms with Crippen molar-refractivity contribution in [2.75, 3.05) is 26.2 Å². The molecule has 0 spiro atoms. The van der Waals surface area contributed by atoms with Crippen molar-refractivity contribution in [3.05, 3.63) is 35.4 Å². The van der Waals surface area contributed by atoms with Crippen LogP contribution in [0.2, 0.25) is 0 Å². The van der Waals surface area contributed by atoms with Crippen molar-refractivity contribution in [2.24, 2.45) is 0 Å². The summed E-state index contributed by atoms with van der Waals surface area (Å²) in [5.41, 5.74) is 0.834. The Labute approximate surface area is 106 Å². The largest absolute Gasteiger partial charge is 0.315 e. The Hall–Kier alpha value is -0.710. The molecule has 0 radical (unpaired) electrons. The average molecular weight is 263 g/mol. The molecular formula is C12H17ClF2N2. The molecule has 0 atom stereocenters. The van der Waals surface area contributed by atoms with Gasteiger partial charge in [0.25, 0.3) is 0 Å². The summed E-state index contributed by atoms with van der Waals surface area (Å²) in [4.78, 5) is 2.26. The molecule has 0 aromatic heterocycles. The van der Waals surface area contributed by atoms with E-state index in [2.05, 4.69) is 10.2 Å². The Kier molecular flexibility index (Phi) is 5.82. The van der Waals surface area contributed by atoms with Crippen LogP contribution in [0.5, 0.6) is 0 Å². The van der Waals surface area contributed by atoms with Gasteiger partial charge < -0.3 is 5.32 Å². The third-order valence-corrected chi connectivity index (χ3v) is 2.82. The van der Waals surface area contributed by atoms with Crippen LogP contribution < -0.4 is 5.32 Å². The summed E-state index contributed by atoms with van der Waals surface area (Å²) < 4.78 is 25.8. The summed E-state index contributed by atoms with van der Waals surface area (Å²) in [7, 11) is 0. The van der Waals surface area contributed by atoms with Gasteiger partial charge >= 0.3 is 0 Å². The quantitative estimate of drug-likeness (QED) is 0.879. The average Bonchev–Trinajstić information content (AvgIpc) is 2.52. The Balaban J connectivity index is 0.00000144. The van der Waals surface area contributed by atoms with Gasteiger partial charge in [0.05, 0.1) is 0 Å². The minimum absolute atomic E-state index is 0. The van der Waals surface area contributed by atoms with Gasteiger partial charge in [-0.3, -0.25) is 4.90 Å². The van der Waals surface area contributed by atoms with E-state index < -0.39 is 11.6 Å². The van der Waals surface area contributed by atoms with Crippen molar-refractivity contribution >= 4 is 12.4 Å². The zero-order valence-electron chi connectivity index (χ0n) is 9.59. The molecule has 17 heavy (non-hydrogen) atoms.